The molecule has 0 radical (unpaired) electrons. The molecule has 1 aromatic rings. The maximum Gasteiger partial charge on any atom is 0.332 e. The number of primary amides is 2. The maximum absolute atomic E-state index is 13.8. The number of aliphatic hydroxyl groups excluding tert-OH is 1. The number of hydrogen-bond acceptors (Lipinski definition) is 10. The van der Waals surface area contributed by atoms with Gasteiger partial charge in [-0.2, -0.15) is 5.10 Å². The van der Waals surface area contributed by atoms with E-state index >= 15 is 0 Å². The molecule has 0 bridgehead atoms. The summed E-state index contributed by atoms with van der Waals surface area (Å²) in [6, 6.07) is 0.865. The van der Waals surface area contributed by atoms with Gasteiger partial charge in [-0.1, -0.05) is 0 Å². The Morgan fingerprint density at radius 3 is 2.38 bits per heavy atom. The molecule has 3 aliphatic carbocycles. The third-order valence-electron chi connectivity index (χ3n) is 7.90. The van der Waals surface area contributed by atoms with Crippen molar-refractivity contribution in [3.05, 3.63) is 28.8 Å². The Balaban J connectivity index is 1.85. The van der Waals surface area contributed by atoms with Gasteiger partial charge in [0, 0.05) is 17.5 Å². The van der Waals surface area contributed by atoms with E-state index in [1.165, 1.54) is 17.0 Å². The first-order chi connectivity index (χ1) is 17.2. The van der Waals surface area contributed by atoms with Crippen LogP contribution >= 0.6 is 0 Å². The number of likely N-dealkylation sites (N-methyl/N-ethyl adjacent to an activating group) is 1. The predicted octanol–water partition coefficient (Wildman–Crippen LogP) is -1.95. The highest BCUT2D eigenvalue weighted by Gasteiger charge is 2.69. The molecule has 13 heteroatoms. The summed E-state index contributed by atoms with van der Waals surface area (Å²) in [5.74, 6) is -9.80. The van der Waals surface area contributed by atoms with Gasteiger partial charge in [-0.15, -0.1) is 0 Å². The summed E-state index contributed by atoms with van der Waals surface area (Å²) < 4.78 is 0. The van der Waals surface area contributed by atoms with Crippen LogP contribution in [0.4, 0.5) is 4.79 Å². The molecule has 0 aromatic heterocycles. The molecular formula is C24H29N5O8. The number of amides is 3. The van der Waals surface area contributed by atoms with E-state index in [2.05, 4.69) is 10.5 Å². The summed E-state index contributed by atoms with van der Waals surface area (Å²) in [7, 11) is 3.14. The van der Waals surface area contributed by atoms with Crippen molar-refractivity contribution in [2.24, 2.45) is 40.2 Å². The quantitative estimate of drug-likeness (QED) is 0.149. The predicted molar refractivity (Wildman–Crippen MR) is 127 cm³/mol. The molecule has 4 rings (SSSR count). The van der Waals surface area contributed by atoms with Crippen molar-refractivity contribution in [3.8, 4) is 5.75 Å². The van der Waals surface area contributed by atoms with Crippen LogP contribution < -0.4 is 16.9 Å². The largest absolute Gasteiger partial charge is 0.507 e. The second-order valence-electron chi connectivity index (χ2n) is 10.1. The van der Waals surface area contributed by atoms with Gasteiger partial charge in [-0.25, -0.2) is 10.2 Å². The molecular weight excluding hydrogens is 486 g/mol. The Kier molecular flexibility index (Phi) is 6.42. The van der Waals surface area contributed by atoms with E-state index in [4.69, 9.17) is 11.5 Å². The van der Waals surface area contributed by atoms with Crippen molar-refractivity contribution in [2.45, 2.75) is 37.5 Å². The summed E-state index contributed by atoms with van der Waals surface area (Å²) in [5, 5.41) is 36.9. The lowest BCUT2D eigenvalue weighted by atomic mass is 9.52. The van der Waals surface area contributed by atoms with E-state index in [0.29, 0.717) is 16.8 Å². The maximum atomic E-state index is 13.8. The summed E-state index contributed by atoms with van der Waals surface area (Å²) in [5.41, 5.74) is 10.8. The number of carbonyl (C=O) groups is 5. The lowest BCUT2D eigenvalue weighted by Gasteiger charge is -2.54. The number of fused-ring (bicyclic) bond motifs is 3. The van der Waals surface area contributed by atoms with Crippen molar-refractivity contribution < 1.29 is 39.3 Å². The monoisotopic (exact) mass is 515 g/mol. The van der Waals surface area contributed by atoms with Crippen LogP contribution in [0, 0.1) is 23.7 Å². The zero-order chi connectivity index (χ0) is 27.6. The standard InChI is InChI=1S/C24H29N5O8/c1-8(27-28-23(26)36)10-4-5-13(30)15-11(10)6-9-7-12-17(29(2)3)19(32)16(22(25)35)21(34)24(12,37)20(33)14(9)18(15)31/h4-5,9,12,14,16-17,19,30,32,37H,6-7H2,1-3H3,(H2,25,35)(H3,26,28,36)/t9-,12-,14?,16?,17?,19?,24-/m1/s1. The van der Waals surface area contributed by atoms with Gasteiger partial charge < -0.3 is 31.7 Å². The van der Waals surface area contributed by atoms with Gasteiger partial charge in [0.15, 0.2) is 23.0 Å². The van der Waals surface area contributed by atoms with Crippen LogP contribution in [-0.2, 0) is 20.8 Å². The molecule has 2 fully saturated rings. The smallest absolute Gasteiger partial charge is 0.332 e. The van der Waals surface area contributed by atoms with Crippen molar-refractivity contribution in [2.75, 3.05) is 14.1 Å². The number of carbonyl (C=O) groups excluding carboxylic acids is 5. The van der Waals surface area contributed by atoms with Crippen LogP contribution in [0.3, 0.4) is 0 Å². The molecule has 7 atom stereocenters. The Labute approximate surface area is 211 Å². The number of nitrogens with two attached hydrogens (primary N) is 2. The van der Waals surface area contributed by atoms with Crippen LogP contribution in [0.1, 0.15) is 34.8 Å². The second-order valence-corrected chi connectivity index (χ2v) is 10.1. The Bertz CT molecular complexity index is 1260. The molecule has 4 unspecified atom stereocenters. The Hall–Kier alpha value is -3.68. The third kappa shape index (κ3) is 3.81. The van der Waals surface area contributed by atoms with Crippen LogP contribution in [-0.4, -0.2) is 87.1 Å². The van der Waals surface area contributed by atoms with Gasteiger partial charge in [0.1, 0.15) is 11.7 Å². The minimum atomic E-state index is -2.72. The minimum absolute atomic E-state index is 0.0139. The lowest BCUT2D eigenvalue weighted by Crippen LogP contribution is -2.75. The van der Waals surface area contributed by atoms with E-state index in [1.807, 2.05) is 0 Å². The fraction of sp³-hybridized carbons (Fsp3) is 0.500. The molecule has 0 spiro atoms. The normalized spacial score (nSPS) is 33.5. The van der Waals surface area contributed by atoms with E-state index in [-0.39, 0.29) is 18.4 Å². The van der Waals surface area contributed by atoms with E-state index in [9.17, 15) is 39.3 Å². The number of ketones is 3. The van der Waals surface area contributed by atoms with Gasteiger partial charge in [-0.05, 0) is 57.5 Å². The molecule has 1 aromatic carbocycles. The fourth-order valence-corrected chi connectivity index (χ4v) is 6.36. The molecule has 37 heavy (non-hydrogen) atoms. The summed E-state index contributed by atoms with van der Waals surface area (Å²) in [4.78, 5) is 65.4. The zero-order valence-corrected chi connectivity index (χ0v) is 20.5. The Morgan fingerprint density at radius 1 is 1.16 bits per heavy atom. The molecule has 0 heterocycles. The van der Waals surface area contributed by atoms with E-state index in [1.54, 1.807) is 21.0 Å². The van der Waals surface area contributed by atoms with Gasteiger partial charge in [0.25, 0.3) is 0 Å². The first kappa shape index (κ1) is 26.4. The SMILES string of the molecule is CC(=NNC(N)=O)c1ccc(O)c2c1C[C@@H]1C[C@@H]3C(N(C)C)C(O)C(C(N)=O)C(=O)[C@]3(O)C(=O)C1C2=O. The van der Waals surface area contributed by atoms with Crippen LogP contribution in [0.5, 0.6) is 5.75 Å². The average molecular weight is 516 g/mol. The highest BCUT2D eigenvalue weighted by atomic mass is 16.3. The zero-order valence-electron chi connectivity index (χ0n) is 20.5. The second kappa shape index (κ2) is 9.01. The number of Topliss-reactive ketones (excluding diaryl/α,β-unsaturated/α-hetero) is 3. The molecule has 3 aliphatic rings. The molecule has 198 valence electrons. The number of phenols is 1. The van der Waals surface area contributed by atoms with Crippen molar-refractivity contribution >= 4 is 35.0 Å². The van der Waals surface area contributed by atoms with Gasteiger partial charge >= 0.3 is 6.03 Å². The van der Waals surface area contributed by atoms with E-state index < -0.39 is 76.5 Å². The van der Waals surface area contributed by atoms with Crippen molar-refractivity contribution in [1.82, 2.24) is 10.3 Å². The molecule has 13 nitrogen and oxygen atoms in total. The fourth-order valence-electron chi connectivity index (χ4n) is 6.36. The number of aliphatic hydroxyl groups is 2. The molecule has 2 saturated carbocycles. The topological polar surface area (TPSA) is 226 Å². The number of rotatable bonds is 4. The number of phenolic OH excluding ortho intramolecular Hbond substituents is 1. The van der Waals surface area contributed by atoms with Gasteiger partial charge in [0.2, 0.25) is 5.91 Å². The number of nitrogens with one attached hydrogen (secondary N) is 1. The van der Waals surface area contributed by atoms with Gasteiger partial charge in [0.05, 0.1) is 23.3 Å². The van der Waals surface area contributed by atoms with Crippen molar-refractivity contribution in [1.29, 1.82) is 0 Å². The van der Waals surface area contributed by atoms with Crippen LogP contribution in [0.15, 0.2) is 17.2 Å². The average Bonchev–Trinajstić information content (AvgIpc) is 2.79. The third-order valence-corrected chi connectivity index (χ3v) is 7.90. The number of hydrogen-bond donors (Lipinski definition) is 6. The lowest BCUT2D eigenvalue weighted by molar-refractivity contribution is -0.190. The molecule has 8 N–H and O–H groups in total. The van der Waals surface area contributed by atoms with E-state index in [0.717, 1.165) is 0 Å². The number of benzene rings is 1. The first-order valence-corrected chi connectivity index (χ1v) is 11.7. The number of aromatic hydroxyl groups is 1. The first-order valence-electron chi connectivity index (χ1n) is 11.7. The summed E-state index contributed by atoms with van der Waals surface area (Å²) in [6.45, 7) is 1.56. The number of nitrogens with zero attached hydrogens (tertiary/aromatic N) is 2. The summed E-state index contributed by atoms with van der Waals surface area (Å²) >= 11 is 0. The number of urea groups is 1. The number of hydrazone groups is 1. The highest BCUT2D eigenvalue weighted by Crippen LogP contribution is 2.51. The minimum Gasteiger partial charge on any atom is -0.507 e. The Morgan fingerprint density at radius 2 is 1.81 bits per heavy atom. The van der Waals surface area contributed by atoms with Crippen LogP contribution in [0.2, 0.25) is 0 Å². The molecule has 3 amide bonds. The summed E-state index contributed by atoms with van der Waals surface area (Å²) in [6.07, 6.45) is -1.49. The van der Waals surface area contributed by atoms with Gasteiger partial charge in [-0.3, -0.25) is 19.2 Å². The van der Waals surface area contributed by atoms with Crippen molar-refractivity contribution in [3.63, 3.8) is 0 Å². The molecule has 0 aliphatic heterocycles. The highest BCUT2D eigenvalue weighted by molar-refractivity contribution is 6.26. The molecule has 0 saturated heterocycles. The van der Waals surface area contributed by atoms with Crippen LogP contribution in [0.25, 0.3) is 0 Å².